The van der Waals surface area contributed by atoms with Crippen LogP contribution in [0.3, 0.4) is 0 Å². The number of rotatable bonds is 3. The highest BCUT2D eigenvalue weighted by molar-refractivity contribution is 14.1. The molecule has 5 heteroatoms. The molecule has 0 aliphatic rings. The van der Waals surface area contributed by atoms with E-state index in [-0.39, 0.29) is 12.4 Å². The van der Waals surface area contributed by atoms with E-state index < -0.39 is 0 Å². The van der Waals surface area contributed by atoms with Gasteiger partial charge in [0.15, 0.2) is 0 Å². The number of ether oxygens (including phenoxy) is 1. The molecule has 0 unspecified atom stereocenters. The summed E-state index contributed by atoms with van der Waals surface area (Å²) in [6.45, 7) is 2.11. The fourth-order valence-corrected chi connectivity index (χ4v) is 2.96. The molecule has 0 aliphatic heterocycles. The second-order valence-corrected chi connectivity index (χ2v) is 5.12. The van der Waals surface area contributed by atoms with Gasteiger partial charge >= 0.3 is 5.97 Å². The second-order valence-electron chi connectivity index (χ2n) is 3.02. The molecular formula is C11H9BrINO2. The molecule has 0 aliphatic carbocycles. The van der Waals surface area contributed by atoms with Gasteiger partial charge in [-0.1, -0.05) is 0 Å². The molecule has 0 fully saturated rings. The lowest BCUT2D eigenvalue weighted by molar-refractivity contribution is -0.142. The Kier molecular flexibility index (Phi) is 5.22. The van der Waals surface area contributed by atoms with E-state index >= 15 is 0 Å². The van der Waals surface area contributed by atoms with E-state index in [2.05, 4.69) is 44.6 Å². The van der Waals surface area contributed by atoms with Crippen molar-refractivity contribution in [2.45, 2.75) is 13.3 Å². The van der Waals surface area contributed by atoms with Gasteiger partial charge in [0.1, 0.15) is 6.07 Å². The predicted octanol–water partition coefficient (Wildman–Crippen LogP) is 3.03. The molecule has 0 bridgehead atoms. The maximum absolute atomic E-state index is 11.4. The summed E-state index contributed by atoms with van der Waals surface area (Å²) in [6, 6.07) is 5.74. The van der Waals surface area contributed by atoms with Gasteiger partial charge in [-0.2, -0.15) is 5.26 Å². The number of nitriles is 1. The van der Waals surface area contributed by atoms with Gasteiger partial charge in [-0.25, -0.2) is 0 Å². The Morgan fingerprint density at radius 1 is 1.62 bits per heavy atom. The Labute approximate surface area is 116 Å². The molecule has 16 heavy (non-hydrogen) atoms. The highest BCUT2D eigenvalue weighted by atomic mass is 127. The first-order valence-corrected chi connectivity index (χ1v) is 6.49. The number of nitrogens with zero attached hydrogens (tertiary/aromatic N) is 1. The van der Waals surface area contributed by atoms with E-state index in [1.165, 1.54) is 0 Å². The fourth-order valence-electron chi connectivity index (χ4n) is 1.26. The van der Waals surface area contributed by atoms with Crippen LogP contribution < -0.4 is 0 Å². The summed E-state index contributed by atoms with van der Waals surface area (Å²) in [5.74, 6) is -0.312. The minimum Gasteiger partial charge on any atom is -0.466 e. The van der Waals surface area contributed by atoms with Crippen LogP contribution in [0.1, 0.15) is 18.1 Å². The Bertz CT molecular complexity index is 454. The van der Waals surface area contributed by atoms with Crippen molar-refractivity contribution in [2.75, 3.05) is 6.61 Å². The van der Waals surface area contributed by atoms with Crippen molar-refractivity contribution >= 4 is 44.5 Å². The van der Waals surface area contributed by atoms with Crippen molar-refractivity contribution in [3.63, 3.8) is 0 Å². The average molecular weight is 394 g/mol. The first-order chi connectivity index (χ1) is 7.58. The lowest BCUT2D eigenvalue weighted by Gasteiger charge is -2.06. The third-order valence-corrected chi connectivity index (χ3v) is 3.14. The van der Waals surface area contributed by atoms with Crippen LogP contribution in [0.5, 0.6) is 0 Å². The van der Waals surface area contributed by atoms with Crippen LogP contribution in [-0.2, 0) is 16.0 Å². The molecule has 0 amide bonds. The molecular weight excluding hydrogens is 385 g/mol. The molecule has 1 aromatic rings. The monoisotopic (exact) mass is 393 g/mol. The number of carbonyl (C=O) groups excluding carboxylic acids is 1. The largest absolute Gasteiger partial charge is 0.466 e. The fraction of sp³-hybridized carbons (Fsp3) is 0.273. The zero-order chi connectivity index (χ0) is 12.1. The third-order valence-electron chi connectivity index (χ3n) is 1.89. The van der Waals surface area contributed by atoms with Gasteiger partial charge in [0.25, 0.3) is 0 Å². The maximum Gasteiger partial charge on any atom is 0.310 e. The molecule has 3 nitrogen and oxygen atoms in total. The molecule has 0 heterocycles. The molecule has 0 aromatic heterocycles. The lowest BCUT2D eigenvalue weighted by atomic mass is 10.1. The Morgan fingerprint density at radius 2 is 2.31 bits per heavy atom. The van der Waals surface area contributed by atoms with Gasteiger partial charge in [-0.15, -0.1) is 0 Å². The van der Waals surface area contributed by atoms with Crippen molar-refractivity contribution in [3.05, 3.63) is 31.3 Å². The number of hydrogen-bond acceptors (Lipinski definition) is 3. The van der Waals surface area contributed by atoms with Gasteiger partial charge in [0.05, 0.1) is 18.6 Å². The summed E-state index contributed by atoms with van der Waals surface area (Å²) in [7, 11) is 0. The zero-order valence-electron chi connectivity index (χ0n) is 8.59. The van der Waals surface area contributed by atoms with Crippen LogP contribution in [0.25, 0.3) is 0 Å². The zero-order valence-corrected chi connectivity index (χ0v) is 12.3. The van der Waals surface area contributed by atoms with Gasteiger partial charge < -0.3 is 4.74 Å². The lowest BCUT2D eigenvalue weighted by Crippen LogP contribution is -2.09. The second kappa shape index (κ2) is 6.21. The highest BCUT2D eigenvalue weighted by Crippen LogP contribution is 2.24. The number of hydrogen-bond donors (Lipinski definition) is 0. The maximum atomic E-state index is 11.4. The van der Waals surface area contributed by atoms with Crippen LogP contribution in [0.2, 0.25) is 0 Å². The van der Waals surface area contributed by atoms with E-state index in [1.54, 1.807) is 6.92 Å². The molecule has 0 atom stereocenters. The minimum atomic E-state index is -0.312. The summed E-state index contributed by atoms with van der Waals surface area (Å²) in [4.78, 5) is 11.4. The summed E-state index contributed by atoms with van der Waals surface area (Å²) in [5.41, 5.74) is 1.19. The number of carbonyl (C=O) groups is 1. The standard InChI is InChI=1S/C11H9BrINO2/c1-2-16-11(15)4-7-3-8(13)5-10(12)9(7)6-14/h3,5H,2,4H2,1H3. The SMILES string of the molecule is CCOC(=O)Cc1cc(I)cc(Br)c1C#N. The third kappa shape index (κ3) is 3.46. The summed E-state index contributed by atoms with van der Waals surface area (Å²) >= 11 is 5.45. The summed E-state index contributed by atoms with van der Waals surface area (Å²) in [6.07, 6.45) is 0.131. The van der Waals surface area contributed by atoms with Crippen molar-refractivity contribution in [1.29, 1.82) is 5.26 Å². The summed E-state index contributed by atoms with van der Waals surface area (Å²) in [5, 5.41) is 9.00. The first-order valence-electron chi connectivity index (χ1n) is 4.62. The molecule has 84 valence electrons. The van der Waals surface area contributed by atoms with Gasteiger partial charge in [0.2, 0.25) is 0 Å². The van der Waals surface area contributed by atoms with Crippen LogP contribution in [0, 0.1) is 14.9 Å². The van der Waals surface area contributed by atoms with Crippen molar-refractivity contribution in [3.8, 4) is 6.07 Å². The highest BCUT2D eigenvalue weighted by Gasteiger charge is 2.12. The van der Waals surface area contributed by atoms with Crippen LogP contribution in [0.15, 0.2) is 16.6 Å². The van der Waals surface area contributed by atoms with Crippen molar-refractivity contribution < 1.29 is 9.53 Å². The average Bonchev–Trinajstić information content (AvgIpc) is 2.17. The summed E-state index contributed by atoms with van der Waals surface area (Å²) < 4.78 is 6.54. The van der Waals surface area contributed by atoms with Gasteiger partial charge in [-0.05, 0) is 63.1 Å². The van der Waals surface area contributed by atoms with E-state index in [0.717, 1.165) is 3.57 Å². The van der Waals surface area contributed by atoms with E-state index in [0.29, 0.717) is 22.2 Å². The number of esters is 1. The molecule has 0 saturated heterocycles. The molecule has 1 rings (SSSR count). The van der Waals surface area contributed by atoms with E-state index in [9.17, 15) is 4.79 Å². The quantitative estimate of drug-likeness (QED) is 0.585. The topological polar surface area (TPSA) is 50.1 Å². The van der Waals surface area contributed by atoms with Crippen molar-refractivity contribution in [1.82, 2.24) is 0 Å². The van der Waals surface area contributed by atoms with Gasteiger partial charge in [-0.3, -0.25) is 4.79 Å². The normalized spacial score (nSPS) is 9.62. The van der Waals surface area contributed by atoms with E-state index in [4.69, 9.17) is 10.00 Å². The minimum absolute atomic E-state index is 0.131. The Balaban J connectivity index is 3.04. The molecule has 0 saturated carbocycles. The molecule has 0 spiro atoms. The van der Waals surface area contributed by atoms with Crippen LogP contribution in [0.4, 0.5) is 0 Å². The van der Waals surface area contributed by atoms with Gasteiger partial charge in [0, 0.05) is 8.04 Å². The smallest absolute Gasteiger partial charge is 0.310 e. The Hall–Kier alpha value is -0.610. The number of halogens is 2. The molecule has 1 aromatic carbocycles. The molecule has 0 radical (unpaired) electrons. The Morgan fingerprint density at radius 3 is 2.88 bits per heavy atom. The van der Waals surface area contributed by atoms with Crippen LogP contribution >= 0.6 is 38.5 Å². The first kappa shape index (κ1) is 13.5. The predicted molar refractivity (Wildman–Crippen MR) is 71.9 cm³/mol. The van der Waals surface area contributed by atoms with Crippen molar-refractivity contribution in [2.24, 2.45) is 0 Å². The van der Waals surface area contributed by atoms with Crippen LogP contribution in [-0.4, -0.2) is 12.6 Å². The number of benzene rings is 1. The molecule has 0 N–H and O–H groups in total. The van der Waals surface area contributed by atoms with E-state index in [1.807, 2.05) is 12.1 Å².